The minimum absolute atomic E-state index is 0.546. The van der Waals surface area contributed by atoms with Crippen molar-refractivity contribution in [2.75, 3.05) is 24.7 Å². The molecule has 0 unspecified atom stereocenters. The van der Waals surface area contributed by atoms with Crippen LogP contribution >= 0.6 is 0 Å². The van der Waals surface area contributed by atoms with Gasteiger partial charge in [-0.2, -0.15) is 0 Å². The minimum Gasteiger partial charge on any atom is -0.492 e. The lowest BCUT2D eigenvalue weighted by molar-refractivity contribution is 0.333. The van der Waals surface area contributed by atoms with Gasteiger partial charge in [0.2, 0.25) is 0 Å². The molecule has 4 N–H and O–H groups in total. The number of anilines is 2. The highest BCUT2D eigenvalue weighted by Crippen LogP contribution is 2.32. The van der Waals surface area contributed by atoms with Crippen molar-refractivity contribution in [2.24, 2.45) is 0 Å². The SMILES string of the molecule is CC.CCOc1cc(N)c(OCC)cc1N. The quantitative estimate of drug-likeness (QED) is 0.774. The third-order valence-electron chi connectivity index (χ3n) is 1.74. The molecule has 0 amide bonds. The highest BCUT2D eigenvalue weighted by atomic mass is 16.5. The third kappa shape index (κ3) is 3.88. The van der Waals surface area contributed by atoms with Gasteiger partial charge in [-0.05, 0) is 13.8 Å². The van der Waals surface area contributed by atoms with Gasteiger partial charge in [0, 0.05) is 12.1 Å². The van der Waals surface area contributed by atoms with Crippen LogP contribution in [0.1, 0.15) is 27.7 Å². The second-order valence-electron chi connectivity index (χ2n) is 2.79. The Morgan fingerprint density at radius 2 is 1.19 bits per heavy atom. The number of nitrogens with two attached hydrogens (primary N) is 2. The molecule has 1 rings (SSSR count). The zero-order valence-corrected chi connectivity index (χ0v) is 10.5. The van der Waals surface area contributed by atoms with Crippen molar-refractivity contribution in [2.45, 2.75) is 27.7 Å². The van der Waals surface area contributed by atoms with Gasteiger partial charge < -0.3 is 20.9 Å². The summed E-state index contributed by atoms with van der Waals surface area (Å²) in [5.41, 5.74) is 12.6. The first-order chi connectivity index (χ1) is 7.69. The summed E-state index contributed by atoms with van der Waals surface area (Å²) in [5.74, 6) is 1.21. The number of rotatable bonds is 4. The molecule has 0 spiro atoms. The summed E-state index contributed by atoms with van der Waals surface area (Å²) in [5, 5.41) is 0. The molecule has 1 aromatic rings. The summed E-state index contributed by atoms with van der Waals surface area (Å²) in [4.78, 5) is 0. The van der Waals surface area contributed by atoms with E-state index >= 15 is 0 Å². The fraction of sp³-hybridized carbons (Fsp3) is 0.500. The van der Waals surface area contributed by atoms with Crippen LogP contribution in [-0.2, 0) is 0 Å². The molecule has 0 aliphatic heterocycles. The molecule has 4 nitrogen and oxygen atoms in total. The number of hydrogen-bond acceptors (Lipinski definition) is 4. The summed E-state index contributed by atoms with van der Waals surface area (Å²) in [6.07, 6.45) is 0. The van der Waals surface area contributed by atoms with E-state index in [1.807, 2.05) is 27.7 Å². The summed E-state index contributed by atoms with van der Waals surface area (Å²) >= 11 is 0. The van der Waals surface area contributed by atoms with Crippen molar-refractivity contribution in [1.82, 2.24) is 0 Å². The van der Waals surface area contributed by atoms with Crippen molar-refractivity contribution in [3.8, 4) is 11.5 Å². The summed E-state index contributed by atoms with van der Waals surface area (Å²) in [6.45, 7) is 8.92. The molecule has 0 saturated carbocycles. The summed E-state index contributed by atoms with van der Waals surface area (Å²) < 4.78 is 10.6. The van der Waals surface area contributed by atoms with Gasteiger partial charge in [-0.25, -0.2) is 0 Å². The highest BCUT2D eigenvalue weighted by Gasteiger charge is 2.06. The molecule has 0 bridgehead atoms. The van der Waals surface area contributed by atoms with Gasteiger partial charge in [-0.1, -0.05) is 13.8 Å². The van der Waals surface area contributed by atoms with Crippen LogP contribution in [0.25, 0.3) is 0 Å². The van der Waals surface area contributed by atoms with Crippen LogP contribution in [0.2, 0.25) is 0 Å². The van der Waals surface area contributed by atoms with E-state index in [0.29, 0.717) is 36.1 Å². The van der Waals surface area contributed by atoms with Crippen LogP contribution in [0, 0.1) is 0 Å². The lowest BCUT2D eigenvalue weighted by atomic mass is 10.2. The number of nitrogen functional groups attached to an aromatic ring is 2. The minimum atomic E-state index is 0.546. The fourth-order valence-corrected chi connectivity index (χ4v) is 1.15. The van der Waals surface area contributed by atoms with E-state index in [2.05, 4.69) is 0 Å². The van der Waals surface area contributed by atoms with Crippen LogP contribution in [0.15, 0.2) is 12.1 Å². The van der Waals surface area contributed by atoms with Gasteiger partial charge in [0.15, 0.2) is 0 Å². The van der Waals surface area contributed by atoms with E-state index in [0.717, 1.165) is 0 Å². The van der Waals surface area contributed by atoms with Gasteiger partial charge in [-0.3, -0.25) is 0 Å². The average molecular weight is 226 g/mol. The van der Waals surface area contributed by atoms with Gasteiger partial charge in [0.1, 0.15) is 11.5 Å². The summed E-state index contributed by atoms with van der Waals surface area (Å²) in [7, 11) is 0. The molecule has 0 aliphatic carbocycles. The van der Waals surface area contributed by atoms with Crippen molar-refractivity contribution in [1.29, 1.82) is 0 Å². The Morgan fingerprint density at radius 1 is 0.875 bits per heavy atom. The van der Waals surface area contributed by atoms with Crippen LogP contribution in [0.3, 0.4) is 0 Å². The molecule has 0 fully saturated rings. The predicted molar refractivity (Wildman–Crippen MR) is 69.0 cm³/mol. The van der Waals surface area contributed by atoms with Crippen molar-refractivity contribution in [3.63, 3.8) is 0 Å². The largest absolute Gasteiger partial charge is 0.492 e. The average Bonchev–Trinajstić information content (AvgIpc) is 2.29. The fourth-order valence-electron chi connectivity index (χ4n) is 1.15. The van der Waals surface area contributed by atoms with E-state index in [4.69, 9.17) is 20.9 Å². The smallest absolute Gasteiger partial charge is 0.144 e. The molecule has 92 valence electrons. The molecule has 4 heteroatoms. The first-order valence-corrected chi connectivity index (χ1v) is 5.63. The topological polar surface area (TPSA) is 70.5 Å². The van der Waals surface area contributed by atoms with Gasteiger partial charge >= 0.3 is 0 Å². The predicted octanol–water partition coefficient (Wildman–Crippen LogP) is 2.67. The Hall–Kier alpha value is -1.58. The Balaban J connectivity index is 0.00000106. The Kier molecular flexibility index (Phi) is 6.92. The maximum atomic E-state index is 5.75. The number of benzene rings is 1. The van der Waals surface area contributed by atoms with Crippen molar-refractivity contribution in [3.05, 3.63) is 12.1 Å². The third-order valence-corrected chi connectivity index (χ3v) is 1.74. The standard InChI is InChI=1S/C10H16N2O2.C2H6/c1-3-13-9-5-8(12)10(14-4-2)6-7(9)11;1-2/h5-6H,3-4,11-12H2,1-2H3;1-2H3. The molecule has 16 heavy (non-hydrogen) atoms. The molecule has 0 radical (unpaired) electrons. The van der Waals surface area contributed by atoms with Crippen LogP contribution < -0.4 is 20.9 Å². The van der Waals surface area contributed by atoms with Crippen molar-refractivity contribution >= 4 is 11.4 Å². The van der Waals surface area contributed by atoms with Gasteiger partial charge in [0.05, 0.1) is 24.6 Å². The second kappa shape index (κ2) is 7.68. The van der Waals surface area contributed by atoms with E-state index < -0.39 is 0 Å². The lowest BCUT2D eigenvalue weighted by Gasteiger charge is -2.11. The maximum Gasteiger partial charge on any atom is 0.144 e. The number of ether oxygens (including phenoxy) is 2. The van der Waals surface area contributed by atoms with Crippen LogP contribution in [0.5, 0.6) is 11.5 Å². The van der Waals surface area contributed by atoms with E-state index in [1.54, 1.807) is 12.1 Å². The molecule has 0 saturated heterocycles. The molecule has 0 aromatic heterocycles. The summed E-state index contributed by atoms with van der Waals surface area (Å²) in [6, 6.07) is 3.37. The van der Waals surface area contributed by atoms with Crippen molar-refractivity contribution < 1.29 is 9.47 Å². The molecule has 0 aliphatic rings. The first-order valence-electron chi connectivity index (χ1n) is 5.63. The maximum absolute atomic E-state index is 5.75. The number of hydrogen-bond donors (Lipinski definition) is 2. The zero-order valence-electron chi connectivity index (χ0n) is 10.5. The second-order valence-corrected chi connectivity index (χ2v) is 2.79. The van der Waals surface area contributed by atoms with E-state index in [-0.39, 0.29) is 0 Å². The van der Waals surface area contributed by atoms with Gasteiger partial charge in [-0.15, -0.1) is 0 Å². The van der Waals surface area contributed by atoms with Crippen LogP contribution in [-0.4, -0.2) is 13.2 Å². The normalized spacial score (nSPS) is 9.00. The lowest BCUT2D eigenvalue weighted by Crippen LogP contribution is -2.02. The Morgan fingerprint density at radius 3 is 1.44 bits per heavy atom. The monoisotopic (exact) mass is 226 g/mol. The molecular formula is C12H22N2O2. The van der Waals surface area contributed by atoms with E-state index in [1.165, 1.54) is 0 Å². The Bertz CT molecular complexity index is 282. The zero-order chi connectivity index (χ0) is 12.6. The van der Waals surface area contributed by atoms with Crippen LogP contribution in [0.4, 0.5) is 11.4 Å². The molecule has 0 heterocycles. The highest BCUT2D eigenvalue weighted by molar-refractivity contribution is 5.67. The van der Waals surface area contributed by atoms with E-state index in [9.17, 15) is 0 Å². The Labute approximate surface area is 97.5 Å². The molecular weight excluding hydrogens is 204 g/mol. The molecule has 1 aromatic carbocycles. The molecule has 0 atom stereocenters. The van der Waals surface area contributed by atoms with Gasteiger partial charge in [0.25, 0.3) is 0 Å². The first kappa shape index (κ1) is 14.4.